The minimum absolute atomic E-state index is 0.136. The zero-order chi connectivity index (χ0) is 16.8. The van der Waals surface area contributed by atoms with Crippen molar-refractivity contribution in [3.8, 4) is 11.5 Å². The van der Waals surface area contributed by atoms with Crippen molar-refractivity contribution in [3.05, 3.63) is 18.2 Å². The van der Waals surface area contributed by atoms with Crippen LogP contribution in [-0.2, 0) is 9.59 Å². The van der Waals surface area contributed by atoms with Crippen molar-refractivity contribution in [1.82, 2.24) is 10.6 Å². The van der Waals surface area contributed by atoms with Gasteiger partial charge in [-0.05, 0) is 12.1 Å². The molecule has 1 aliphatic heterocycles. The first-order chi connectivity index (χ1) is 11.0. The quantitative estimate of drug-likeness (QED) is 0.578. The summed E-state index contributed by atoms with van der Waals surface area (Å²) < 4.78 is 10.3. The highest BCUT2D eigenvalue weighted by Gasteiger charge is 2.24. The molecule has 2 amide bonds. The molecule has 2 rings (SSSR count). The van der Waals surface area contributed by atoms with E-state index in [1.807, 2.05) is 0 Å². The zero-order valence-electron chi connectivity index (χ0n) is 12.9. The van der Waals surface area contributed by atoms with Gasteiger partial charge in [0.25, 0.3) is 0 Å². The molecule has 23 heavy (non-hydrogen) atoms. The van der Waals surface area contributed by atoms with Gasteiger partial charge in [-0.2, -0.15) is 0 Å². The van der Waals surface area contributed by atoms with E-state index in [1.165, 1.54) is 18.9 Å². The maximum Gasteiger partial charge on any atom is 0.234 e. The molecule has 8 nitrogen and oxygen atoms in total. The number of hydrogen-bond acceptors (Lipinski definition) is 7. The number of thioether (sulfide) groups is 1. The third-order valence-electron chi connectivity index (χ3n) is 3.12. The van der Waals surface area contributed by atoms with Crippen LogP contribution in [-0.4, -0.2) is 43.5 Å². The van der Waals surface area contributed by atoms with E-state index in [-0.39, 0.29) is 29.5 Å². The molecule has 2 atom stereocenters. The lowest BCUT2D eigenvalue weighted by atomic mass is 10.2. The average molecular weight is 340 g/mol. The van der Waals surface area contributed by atoms with Gasteiger partial charge in [0, 0.05) is 6.07 Å². The summed E-state index contributed by atoms with van der Waals surface area (Å²) >= 11 is 1.25. The van der Waals surface area contributed by atoms with Gasteiger partial charge in [0.1, 0.15) is 17.0 Å². The Morgan fingerprint density at radius 2 is 2.22 bits per heavy atom. The van der Waals surface area contributed by atoms with Crippen molar-refractivity contribution in [3.63, 3.8) is 0 Å². The first kappa shape index (κ1) is 17.4. The Labute approximate surface area is 138 Å². The topological polar surface area (TPSA) is 115 Å². The summed E-state index contributed by atoms with van der Waals surface area (Å²) in [5.41, 5.74) is 5.84. The minimum Gasteiger partial charge on any atom is -0.497 e. The van der Waals surface area contributed by atoms with E-state index in [0.29, 0.717) is 17.2 Å². The second kappa shape index (κ2) is 8.04. The van der Waals surface area contributed by atoms with Crippen LogP contribution in [0.15, 0.2) is 18.2 Å². The van der Waals surface area contributed by atoms with E-state index in [4.69, 9.17) is 15.2 Å². The van der Waals surface area contributed by atoms with E-state index >= 15 is 0 Å². The van der Waals surface area contributed by atoms with Gasteiger partial charge in [-0.3, -0.25) is 14.9 Å². The first-order valence-electron chi connectivity index (χ1n) is 6.96. The number of nitrogens with one attached hydrogen (secondary N) is 3. The third-order valence-corrected chi connectivity index (χ3v) is 4.14. The number of carbonyl (C=O) groups is 2. The average Bonchev–Trinajstić information content (AvgIpc) is 2.52. The van der Waals surface area contributed by atoms with Crippen molar-refractivity contribution in [1.29, 1.82) is 0 Å². The second-order valence-electron chi connectivity index (χ2n) is 4.85. The number of carbonyl (C=O) groups excluding carboxylic acids is 2. The molecule has 126 valence electrons. The molecule has 0 spiro atoms. The highest BCUT2D eigenvalue weighted by Crippen LogP contribution is 2.29. The molecule has 1 aliphatic rings. The number of nitrogens with two attached hydrogens (primary N) is 1. The standard InChI is InChI=1S/C14H20N4O4S/c1-21-8-3-4-10(22-2)9(5-8)16-13(20)7-23-14-17-11(15)6-12(19)18-14/h3-5,11,14,17H,6-7,15H2,1-2H3,(H,16,20)(H,18,19). The molecule has 1 aromatic rings. The summed E-state index contributed by atoms with van der Waals surface area (Å²) in [6, 6.07) is 5.13. The molecule has 1 heterocycles. The van der Waals surface area contributed by atoms with Gasteiger partial charge in [-0.1, -0.05) is 0 Å². The predicted octanol–water partition coefficient (Wildman–Crippen LogP) is 0.0534. The van der Waals surface area contributed by atoms with Crippen LogP contribution in [0.4, 0.5) is 5.69 Å². The maximum atomic E-state index is 12.1. The Morgan fingerprint density at radius 3 is 2.87 bits per heavy atom. The fourth-order valence-electron chi connectivity index (χ4n) is 2.05. The van der Waals surface area contributed by atoms with Crippen LogP contribution in [0, 0.1) is 0 Å². The van der Waals surface area contributed by atoms with Gasteiger partial charge in [0.2, 0.25) is 11.8 Å². The van der Waals surface area contributed by atoms with E-state index in [2.05, 4.69) is 16.0 Å². The number of ether oxygens (including phenoxy) is 2. The van der Waals surface area contributed by atoms with Crippen LogP contribution in [0.3, 0.4) is 0 Å². The van der Waals surface area contributed by atoms with Crippen LogP contribution in [0.5, 0.6) is 11.5 Å². The summed E-state index contributed by atoms with van der Waals surface area (Å²) in [6.45, 7) is 0. The molecule has 0 aromatic heterocycles. The van der Waals surface area contributed by atoms with Crippen LogP contribution in [0.2, 0.25) is 0 Å². The molecule has 0 bridgehead atoms. The van der Waals surface area contributed by atoms with Crippen molar-refractivity contribution >= 4 is 29.3 Å². The number of amides is 2. The molecule has 1 aromatic carbocycles. The van der Waals surface area contributed by atoms with Gasteiger partial charge in [-0.25, -0.2) is 0 Å². The van der Waals surface area contributed by atoms with E-state index in [9.17, 15) is 9.59 Å². The lowest BCUT2D eigenvalue weighted by Crippen LogP contribution is -2.58. The second-order valence-corrected chi connectivity index (χ2v) is 5.94. The lowest BCUT2D eigenvalue weighted by Gasteiger charge is -2.28. The number of anilines is 1. The summed E-state index contributed by atoms with van der Waals surface area (Å²) in [5, 5.41) is 8.47. The molecule has 0 saturated carbocycles. The molecule has 0 radical (unpaired) electrons. The van der Waals surface area contributed by atoms with E-state index in [0.717, 1.165) is 0 Å². The molecule has 1 saturated heterocycles. The van der Waals surface area contributed by atoms with Crippen LogP contribution in [0.1, 0.15) is 6.42 Å². The first-order valence-corrected chi connectivity index (χ1v) is 8.01. The van der Waals surface area contributed by atoms with Crippen molar-refractivity contribution in [2.45, 2.75) is 18.1 Å². The number of benzene rings is 1. The smallest absolute Gasteiger partial charge is 0.234 e. The van der Waals surface area contributed by atoms with Crippen molar-refractivity contribution in [2.24, 2.45) is 5.73 Å². The maximum absolute atomic E-state index is 12.1. The fourth-order valence-corrected chi connectivity index (χ4v) is 2.92. The fraction of sp³-hybridized carbons (Fsp3) is 0.429. The Hall–Kier alpha value is -1.97. The predicted molar refractivity (Wildman–Crippen MR) is 88.3 cm³/mol. The van der Waals surface area contributed by atoms with Crippen LogP contribution < -0.4 is 31.2 Å². The normalized spacial score (nSPS) is 20.6. The summed E-state index contributed by atoms with van der Waals surface area (Å²) in [5.74, 6) is 0.932. The van der Waals surface area contributed by atoms with Gasteiger partial charge < -0.3 is 25.8 Å². The number of hydrogen-bond donors (Lipinski definition) is 4. The van der Waals surface area contributed by atoms with Gasteiger partial charge in [0.15, 0.2) is 0 Å². The van der Waals surface area contributed by atoms with Crippen molar-refractivity contribution in [2.75, 3.05) is 25.3 Å². The highest BCUT2D eigenvalue weighted by molar-refractivity contribution is 8.00. The van der Waals surface area contributed by atoms with Crippen LogP contribution >= 0.6 is 11.8 Å². The SMILES string of the molecule is COc1ccc(OC)c(NC(=O)CSC2NC(=O)CC(N)N2)c1. The Kier molecular flexibility index (Phi) is 6.08. The summed E-state index contributed by atoms with van der Waals surface area (Å²) in [4.78, 5) is 23.5. The molecule has 1 fully saturated rings. The van der Waals surface area contributed by atoms with E-state index < -0.39 is 6.17 Å². The molecule has 2 unspecified atom stereocenters. The summed E-state index contributed by atoms with van der Waals surface area (Å²) in [7, 11) is 3.07. The van der Waals surface area contributed by atoms with Crippen LogP contribution in [0.25, 0.3) is 0 Å². The van der Waals surface area contributed by atoms with E-state index in [1.54, 1.807) is 25.3 Å². The zero-order valence-corrected chi connectivity index (χ0v) is 13.7. The largest absolute Gasteiger partial charge is 0.497 e. The van der Waals surface area contributed by atoms with Crippen molar-refractivity contribution < 1.29 is 19.1 Å². The monoisotopic (exact) mass is 340 g/mol. The molecular formula is C14H20N4O4S. The van der Waals surface area contributed by atoms with Gasteiger partial charge in [0.05, 0.1) is 38.2 Å². The molecule has 9 heteroatoms. The lowest BCUT2D eigenvalue weighted by molar-refractivity contribution is -0.123. The minimum atomic E-state index is -0.400. The van der Waals surface area contributed by atoms with Gasteiger partial charge >= 0.3 is 0 Å². The Bertz CT molecular complexity index is 584. The molecular weight excluding hydrogens is 320 g/mol. The number of rotatable bonds is 6. The Balaban J connectivity index is 1.90. The third kappa shape index (κ3) is 5.02. The van der Waals surface area contributed by atoms with Gasteiger partial charge in [-0.15, -0.1) is 11.8 Å². The molecule has 5 N–H and O–H groups in total. The number of methoxy groups -OCH3 is 2. The molecule has 0 aliphatic carbocycles. The summed E-state index contributed by atoms with van der Waals surface area (Å²) in [6.07, 6.45) is -0.174. The Morgan fingerprint density at radius 1 is 1.43 bits per heavy atom. The highest BCUT2D eigenvalue weighted by atomic mass is 32.2.